The molecule has 1 rings (SSSR count). The fourth-order valence-electron chi connectivity index (χ4n) is 1.32. The molecular formula is C11H15NO5. The van der Waals surface area contributed by atoms with Crippen molar-refractivity contribution in [1.82, 2.24) is 0 Å². The normalized spacial score (nSPS) is 10.2. The second kappa shape index (κ2) is 6.82. The third-order valence-electron chi connectivity index (χ3n) is 2.21. The van der Waals surface area contributed by atoms with Gasteiger partial charge in [-0.3, -0.25) is 10.1 Å². The van der Waals surface area contributed by atoms with Gasteiger partial charge in [0, 0.05) is 12.7 Å². The molecule has 1 aromatic rings. The van der Waals surface area contributed by atoms with E-state index in [1.165, 1.54) is 12.1 Å². The molecule has 0 aliphatic heterocycles. The molecule has 0 bridgehead atoms. The molecule has 6 heteroatoms. The number of nitro benzene ring substituents is 1. The predicted molar refractivity (Wildman–Crippen MR) is 60.8 cm³/mol. The van der Waals surface area contributed by atoms with Gasteiger partial charge in [0.2, 0.25) is 0 Å². The van der Waals surface area contributed by atoms with Gasteiger partial charge < -0.3 is 14.9 Å². The van der Waals surface area contributed by atoms with E-state index in [-0.39, 0.29) is 24.7 Å². The van der Waals surface area contributed by atoms with Crippen molar-refractivity contribution < 1.29 is 19.9 Å². The van der Waals surface area contributed by atoms with Crippen LogP contribution in [0.4, 0.5) is 5.69 Å². The van der Waals surface area contributed by atoms with E-state index in [1.807, 2.05) is 0 Å². The van der Waals surface area contributed by atoms with Gasteiger partial charge in [-0.15, -0.1) is 0 Å². The van der Waals surface area contributed by atoms with Gasteiger partial charge in [-0.05, 0) is 24.5 Å². The van der Waals surface area contributed by atoms with Crippen LogP contribution in [-0.2, 0) is 6.61 Å². The molecule has 1 aromatic carbocycles. The van der Waals surface area contributed by atoms with Crippen molar-refractivity contribution in [3.8, 4) is 5.75 Å². The number of aliphatic hydroxyl groups excluding tert-OH is 2. The van der Waals surface area contributed by atoms with E-state index in [1.54, 1.807) is 6.07 Å². The molecule has 6 nitrogen and oxygen atoms in total. The quantitative estimate of drug-likeness (QED) is 0.425. The number of unbranched alkanes of at least 4 members (excludes halogenated alkanes) is 1. The highest BCUT2D eigenvalue weighted by Crippen LogP contribution is 2.28. The summed E-state index contributed by atoms with van der Waals surface area (Å²) < 4.78 is 5.27. The molecule has 0 saturated heterocycles. The van der Waals surface area contributed by atoms with E-state index in [9.17, 15) is 10.1 Å². The van der Waals surface area contributed by atoms with Crippen LogP contribution >= 0.6 is 0 Å². The number of aliphatic hydroxyl groups is 2. The molecule has 0 unspecified atom stereocenters. The van der Waals surface area contributed by atoms with Crippen LogP contribution < -0.4 is 4.74 Å². The number of nitrogens with zero attached hydrogens (tertiary/aromatic N) is 1. The molecule has 0 saturated carbocycles. The number of nitro groups is 1. The van der Waals surface area contributed by atoms with Crippen molar-refractivity contribution in [2.75, 3.05) is 13.2 Å². The first kappa shape index (κ1) is 13.4. The Morgan fingerprint density at radius 1 is 1.29 bits per heavy atom. The summed E-state index contributed by atoms with van der Waals surface area (Å²) in [5, 5.41) is 28.3. The molecule has 0 fully saturated rings. The number of benzene rings is 1. The Morgan fingerprint density at radius 2 is 2.06 bits per heavy atom. The third-order valence-corrected chi connectivity index (χ3v) is 2.21. The lowest BCUT2D eigenvalue weighted by Crippen LogP contribution is -2.02. The minimum absolute atomic E-state index is 0.0783. The molecule has 0 spiro atoms. The maximum absolute atomic E-state index is 10.8. The first-order valence-electron chi connectivity index (χ1n) is 5.31. The van der Waals surface area contributed by atoms with Crippen molar-refractivity contribution in [1.29, 1.82) is 0 Å². The number of ether oxygens (including phenoxy) is 1. The highest BCUT2D eigenvalue weighted by Gasteiger charge is 2.15. The molecule has 2 N–H and O–H groups in total. The monoisotopic (exact) mass is 241 g/mol. The van der Waals surface area contributed by atoms with E-state index in [2.05, 4.69) is 0 Å². The molecular weight excluding hydrogens is 226 g/mol. The fraction of sp³-hybridized carbons (Fsp3) is 0.455. The SMILES string of the molecule is O=[N+]([O-])c1cc(CO)ccc1OCCCCO. The van der Waals surface area contributed by atoms with Crippen LogP contribution in [-0.4, -0.2) is 28.4 Å². The minimum atomic E-state index is -0.541. The van der Waals surface area contributed by atoms with Crippen LogP contribution in [0.2, 0.25) is 0 Å². The van der Waals surface area contributed by atoms with Crippen molar-refractivity contribution in [3.05, 3.63) is 33.9 Å². The summed E-state index contributed by atoms with van der Waals surface area (Å²) in [5.74, 6) is 0.185. The molecule has 0 aliphatic rings. The first-order chi connectivity index (χ1) is 8.19. The number of hydrogen-bond donors (Lipinski definition) is 2. The number of rotatable bonds is 7. The second-order valence-corrected chi connectivity index (χ2v) is 3.50. The molecule has 0 aliphatic carbocycles. The summed E-state index contributed by atoms with van der Waals surface area (Å²) in [6.07, 6.45) is 1.23. The Labute approximate surface area is 98.6 Å². The standard InChI is InChI=1S/C11H15NO5/c13-5-1-2-6-17-11-4-3-9(8-14)7-10(11)12(15)16/h3-4,7,13-14H,1-2,5-6,8H2. The summed E-state index contributed by atoms with van der Waals surface area (Å²) in [6.45, 7) is 0.153. The summed E-state index contributed by atoms with van der Waals surface area (Å²) in [4.78, 5) is 10.2. The summed E-state index contributed by atoms with van der Waals surface area (Å²) in [7, 11) is 0. The van der Waals surface area contributed by atoms with Crippen LogP contribution in [0.5, 0.6) is 5.75 Å². The highest BCUT2D eigenvalue weighted by atomic mass is 16.6. The van der Waals surface area contributed by atoms with Crippen LogP contribution in [0.25, 0.3) is 0 Å². The lowest BCUT2D eigenvalue weighted by Gasteiger charge is -2.07. The Kier molecular flexibility index (Phi) is 5.38. The highest BCUT2D eigenvalue weighted by molar-refractivity contribution is 5.48. The maximum Gasteiger partial charge on any atom is 0.311 e. The Bertz CT molecular complexity index is 380. The second-order valence-electron chi connectivity index (χ2n) is 3.50. The Hall–Kier alpha value is -1.66. The number of hydrogen-bond acceptors (Lipinski definition) is 5. The van der Waals surface area contributed by atoms with Gasteiger partial charge in [-0.25, -0.2) is 0 Å². The van der Waals surface area contributed by atoms with Crippen LogP contribution in [0, 0.1) is 10.1 Å². The summed E-state index contributed by atoms with van der Waals surface area (Å²) >= 11 is 0. The molecule has 0 atom stereocenters. The van der Waals surface area contributed by atoms with Crippen molar-refractivity contribution in [2.45, 2.75) is 19.4 Å². The molecule has 94 valence electrons. The van der Waals surface area contributed by atoms with Crippen LogP contribution in [0.3, 0.4) is 0 Å². The van der Waals surface area contributed by atoms with Crippen molar-refractivity contribution in [3.63, 3.8) is 0 Å². The molecule has 0 radical (unpaired) electrons. The van der Waals surface area contributed by atoms with Gasteiger partial charge >= 0.3 is 5.69 Å². The van der Waals surface area contributed by atoms with Crippen LogP contribution in [0.1, 0.15) is 18.4 Å². The maximum atomic E-state index is 10.8. The largest absolute Gasteiger partial charge is 0.487 e. The van der Waals surface area contributed by atoms with Gasteiger partial charge in [0.05, 0.1) is 18.1 Å². The smallest absolute Gasteiger partial charge is 0.311 e. The summed E-state index contributed by atoms with van der Waals surface area (Å²) in [6, 6.07) is 4.35. The minimum Gasteiger partial charge on any atom is -0.487 e. The average Bonchev–Trinajstić information content (AvgIpc) is 2.34. The third kappa shape index (κ3) is 4.01. The topological polar surface area (TPSA) is 92.8 Å². The van der Waals surface area contributed by atoms with E-state index in [4.69, 9.17) is 14.9 Å². The average molecular weight is 241 g/mol. The zero-order chi connectivity index (χ0) is 12.7. The predicted octanol–water partition coefficient (Wildman–Crippen LogP) is 1.24. The molecule has 17 heavy (non-hydrogen) atoms. The molecule has 0 amide bonds. The molecule has 0 aromatic heterocycles. The van der Waals surface area contributed by atoms with E-state index >= 15 is 0 Å². The van der Waals surface area contributed by atoms with E-state index < -0.39 is 4.92 Å². The van der Waals surface area contributed by atoms with Gasteiger partial charge in [0.15, 0.2) is 5.75 Å². The first-order valence-corrected chi connectivity index (χ1v) is 5.31. The van der Waals surface area contributed by atoms with Gasteiger partial charge in [0.1, 0.15) is 0 Å². The Balaban J connectivity index is 2.73. The zero-order valence-corrected chi connectivity index (χ0v) is 9.33. The van der Waals surface area contributed by atoms with Crippen LogP contribution in [0.15, 0.2) is 18.2 Å². The van der Waals surface area contributed by atoms with E-state index in [0.717, 1.165) is 0 Å². The Morgan fingerprint density at radius 3 is 2.65 bits per heavy atom. The zero-order valence-electron chi connectivity index (χ0n) is 9.33. The molecule has 0 heterocycles. The van der Waals surface area contributed by atoms with Crippen molar-refractivity contribution in [2.24, 2.45) is 0 Å². The lowest BCUT2D eigenvalue weighted by atomic mass is 10.2. The summed E-state index contributed by atoms with van der Waals surface area (Å²) in [5.41, 5.74) is 0.319. The van der Waals surface area contributed by atoms with Crippen molar-refractivity contribution >= 4 is 5.69 Å². The van der Waals surface area contributed by atoms with Gasteiger partial charge in [0.25, 0.3) is 0 Å². The van der Waals surface area contributed by atoms with Gasteiger partial charge in [-0.2, -0.15) is 0 Å². The lowest BCUT2D eigenvalue weighted by molar-refractivity contribution is -0.386. The fourth-order valence-corrected chi connectivity index (χ4v) is 1.32. The van der Waals surface area contributed by atoms with E-state index in [0.29, 0.717) is 25.0 Å². The van der Waals surface area contributed by atoms with Gasteiger partial charge in [-0.1, -0.05) is 6.07 Å².